The van der Waals surface area contributed by atoms with Gasteiger partial charge in [-0.1, -0.05) is 19.1 Å². The van der Waals surface area contributed by atoms with Gasteiger partial charge in [0.25, 0.3) is 0 Å². The molecular formula is C15H20N2O2. The van der Waals surface area contributed by atoms with Crippen LogP contribution in [0.2, 0.25) is 0 Å². The molecule has 2 amide bonds. The van der Waals surface area contributed by atoms with Gasteiger partial charge in [-0.2, -0.15) is 0 Å². The second kappa shape index (κ2) is 5.97. The van der Waals surface area contributed by atoms with E-state index in [0.717, 1.165) is 12.1 Å². The average Bonchev–Trinajstić information content (AvgIpc) is 2.39. The van der Waals surface area contributed by atoms with Gasteiger partial charge in [-0.15, -0.1) is 0 Å². The highest BCUT2D eigenvalue weighted by Gasteiger charge is 2.27. The van der Waals surface area contributed by atoms with E-state index < -0.39 is 0 Å². The molecule has 4 nitrogen and oxygen atoms in total. The minimum Gasteiger partial charge on any atom is -0.310 e. The normalized spacial score (nSPS) is 17.7. The Balaban J connectivity index is 2.27. The van der Waals surface area contributed by atoms with Crippen molar-refractivity contribution >= 4 is 17.5 Å². The number of anilines is 1. The summed E-state index contributed by atoms with van der Waals surface area (Å²) in [5, 5.41) is 3.33. The highest BCUT2D eigenvalue weighted by atomic mass is 16.2. The van der Waals surface area contributed by atoms with Crippen LogP contribution in [0.4, 0.5) is 5.69 Å². The van der Waals surface area contributed by atoms with Crippen LogP contribution >= 0.6 is 0 Å². The molecule has 4 heteroatoms. The number of amides is 2. The lowest BCUT2D eigenvalue weighted by atomic mass is 10.0. The van der Waals surface area contributed by atoms with Crippen molar-refractivity contribution in [2.24, 2.45) is 0 Å². The Kier molecular flexibility index (Phi) is 4.32. The molecule has 2 rings (SSSR count). The molecule has 1 aromatic rings. The van der Waals surface area contributed by atoms with Crippen LogP contribution in [0, 0.1) is 0 Å². The molecule has 1 aromatic carbocycles. The predicted octanol–water partition coefficient (Wildman–Crippen LogP) is 2.40. The molecule has 0 bridgehead atoms. The summed E-state index contributed by atoms with van der Waals surface area (Å²) >= 11 is 0. The molecule has 1 atom stereocenters. The topological polar surface area (TPSA) is 49.4 Å². The molecule has 19 heavy (non-hydrogen) atoms. The molecule has 1 N–H and O–H groups in total. The summed E-state index contributed by atoms with van der Waals surface area (Å²) in [7, 11) is 0. The first kappa shape index (κ1) is 13.7. The van der Waals surface area contributed by atoms with E-state index >= 15 is 0 Å². The van der Waals surface area contributed by atoms with E-state index in [-0.39, 0.29) is 17.9 Å². The fourth-order valence-corrected chi connectivity index (χ4v) is 2.40. The SMILES string of the molecule is CCNC(C)c1cccc(N2C(=O)CCCC2=O)c1. The standard InChI is InChI=1S/C15H20N2O2/c1-3-16-11(2)12-6-4-7-13(10-12)17-14(18)8-5-9-15(17)19/h4,6-7,10-11,16H,3,5,8-9H2,1-2H3. The first-order valence-electron chi connectivity index (χ1n) is 6.82. The molecule has 1 fully saturated rings. The van der Waals surface area contributed by atoms with Crippen molar-refractivity contribution in [1.82, 2.24) is 5.32 Å². The Bertz CT molecular complexity index is 469. The summed E-state index contributed by atoms with van der Waals surface area (Å²) in [6.45, 7) is 5.01. The lowest BCUT2D eigenvalue weighted by Gasteiger charge is -2.25. The van der Waals surface area contributed by atoms with Crippen LogP contribution < -0.4 is 10.2 Å². The van der Waals surface area contributed by atoms with Crippen molar-refractivity contribution in [2.45, 2.75) is 39.2 Å². The number of hydrogen-bond acceptors (Lipinski definition) is 3. The number of benzene rings is 1. The van der Waals surface area contributed by atoms with E-state index in [2.05, 4.69) is 19.2 Å². The monoisotopic (exact) mass is 260 g/mol. The van der Waals surface area contributed by atoms with Crippen LogP contribution in [-0.2, 0) is 9.59 Å². The van der Waals surface area contributed by atoms with Gasteiger partial charge in [0.05, 0.1) is 5.69 Å². The largest absolute Gasteiger partial charge is 0.310 e. The first-order chi connectivity index (χ1) is 9.13. The van der Waals surface area contributed by atoms with Gasteiger partial charge in [-0.3, -0.25) is 14.5 Å². The van der Waals surface area contributed by atoms with Crippen LogP contribution in [0.25, 0.3) is 0 Å². The molecule has 1 heterocycles. The molecular weight excluding hydrogens is 240 g/mol. The second-order valence-electron chi connectivity index (χ2n) is 4.85. The Morgan fingerprint density at radius 1 is 1.26 bits per heavy atom. The Labute approximate surface area is 113 Å². The molecule has 0 radical (unpaired) electrons. The molecule has 102 valence electrons. The summed E-state index contributed by atoms with van der Waals surface area (Å²) in [4.78, 5) is 25.1. The highest BCUT2D eigenvalue weighted by molar-refractivity contribution is 6.16. The lowest BCUT2D eigenvalue weighted by Crippen LogP contribution is -2.40. The molecule has 0 spiro atoms. The quantitative estimate of drug-likeness (QED) is 0.846. The van der Waals surface area contributed by atoms with E-state index in [1.54, 1.807) is 0 Å². The third-order valence-corrected chi connectivity index (χ3v) is 3.42. The zero-order valence-electron chi connectivity index (χ0n) is 11.5. The molecule has 0 aromatic heterocycles. The summed E-state index contributed by atoms with van der Waals surface area (Å²) < 4.78 is 0. The van der Waals surface area contributed by atoms with Crippen LogP contribution in [0.15, 0.2) is 24.3 Å². The molecule has 1 saturated heterocycles. The fourth-order valence-electron chi connectivity index (χ4n) is 2.40. The average molecular weight is 260 g/mol. The van der Waals surface area contributed by atoms with Gasteiger partial charge in [0, 0.05) is 18.9 Å². The Hall–Kier alpha value is -1.68. The highest BCUT2D eigenvalue weighted by Crippen LogP contribution is 2.25. The van der Waals surface area contributed by atoms with Crippen molar-refractivity contribution in [1.29, 1.82) is 0 Å². The summed E-state index contributed by atoms with van der Waals surface area (Å²) in [6, 6.07) is 7.86. The maximum absolute atomic E-state index is 11.9. The third-order valence-electron chi connectivity index (χ3n) is 3.42. The van der Waals surface area contributed by atoms with Gasteiger partial charge in [0.2, 0.25) is 11.8 Å². The second-order valence-corrected chi connectivity index (χ2v) is 4.85. The number of nitrogens with one attached hydrogen (secondary N) is 1. The van der Waals surface area contributed by atoms with Gasteiger partial charge < -0.3 is 5.32 Å². The third kappa shape index (κ3) is 3.01. The molecule has 0 aliphatic carbocycles. The van der Waals surface area contributed by atoms with Crippen molar-refractivity contribution in [3.05, 3.63) is 29.8 Å². The van der Waals surface area contributed by atoms with Crippen molar-refractivity contribution < 1.29 is 9.59 Å². The van der Waals surface area contributed by atoms with Gasteiger partial charge in [-0.05, 0) is 37.6 Å². The maximum atomic E-state index is 11.9. The van der Waals surface area contributed by atoms with E-state index in [4.69, 9.17) is 0 Å². The van der Waals surface area contributed by atoms with Crippen molar-refractivity contribution in [2.75, 3.05) is 11.4 Å². The van der Waals surface area contributed by atoms with Crippen LogP contribution in [0.1, 0.15) is 44.7 Å². The minimum atomic E-state index is -0.0931. The van der Waals surface area contributed by atoms with Crippen molar-refractivity contribution in [3.8, 4) is 0 Å². The smallest absolute Gasteiger partial charge is 0.233 e. The van der Waals surface area contributed by atoms with Gasteiger partial charge in [0.15, 0.2) is 0 Å². The molecule has 1 aliphatic heterocycles. The number of carbonyl (C=O) groups excluding carboxylic acids is 2. The van der Waals surface area contributed by atoms with E-state index in [0.29, 0.717) is 24.9 Å². The Morgan fingerprint density at radius 3 is 2.58 bits per heavy atom. The van der Waals surface area contributed by atoms with Gasteiger partial charge in [-0.25, -0.2) is 0 Å². The summed E-state index contributed by atoms with van der Waals surface area (Å²) in [5.74, 6) is -0.186. The zero-order chi connectivity index (χ0) is 13.8. The van der Waals surface area contributed by atoms with Crippen LogP contribution in [-0.4, -0.2) is 18.4 Å². The first-order valence-corrected chi connectivity index (χ1v) is 6.82. The number of hydrogen-bond donors (Lipinski definition) is 1. The number of nitrogens with zero attached hydrogens (tertiary/aromatic N) is 1. The summed E-state index contributed by atoms with van der Waals surface area (Å²) in [5.41, 5.74) is 1.78. The predicted molar refractivity (Wildman–Crippen MR) is 74.9 cm³/mol. The molecule has 1 unspecified atom stereocenters. The van der Waals surface area contributed by atoms with E-state index in [1.165, 1.54) is 4.90 Å². The molecule has 1 aliphatic rings. The Morgan fingerprint density at radius 2 is 1.95 bits per heavy atom. The molecule has 0 saturated carbocycles. The van der Waals surface area contributed by atoms with E-state index in [9.17, 15) is 9.59 Å². The zero-order valence-corrected chi connectivity index (χ0v) is 11.5. The minimum absolute atomic E-state index is 0.0931. The van der Waals surface area contributed by atoms with Gasteiger partial charge >= 0.3 is 0 Å². The fraction of sp³-hybridized carbons (Fsp3) is 0.467. The van der Waals surface area contributed by atoms with E-state index in [1.807, 2.05) is 24.3 Å². The number of imide groups is 1. The number of carbonyl (C=O) groups is 2. The summed E-state index contributed by atoms with van der Waals surface area (Å²) in [6.07, 6.45) is 1.58. The van der Waals surface area contributed by atoms with Gasteiger partial charge in [0.1, 0.15) is 0 Å². The van der Waals surface area contributed by atoms with Crippen LogP contribution in [0.3, 0.4) is 0 Å². The van der Waals surface area contributed by atoms with Crippen molar-refractivity contribution in [3.63, 3.8) is 0 Å². The lowest BCUT2D eigenvalue weighted by molar-refractivity contribution is -0.129. The number of rotatable bonds is 4. The maximum Gasteiger partial charge on any atom is 0.233 e. The van der Waals surface area contributed by atoms with Crippen LogP contribution in [0.5, 0.6) is 0 Å². The number of piperidine rings is 1.